The van der Waals surface area contributed by atoms with E-state index in [1.54, 1.807) is 19.2 Å². The van der Waals surface area contributed by atoms with E-state index in [-0.39, 0.29) is 17.7 Å². The quantitative estimate of drug-likeness (QED) is 0.537. The maximum absolute atomic E-state index is 11.7. The number of nitrogens with one attached hydrogen (secondary N) is 2. The molecular formula is C12H14N2O4. The molecule has 0 bridgehead atoms. The molecule has 0 saturated heterocycles. The minimum Gasteiger partial charge on any atom is -0.389 e. The van der Waals surface area contributed by atoms with E-state index in [4.69, 9.17) is 0 Å². The van der Waals surface area contributed by atoms with Gasteiger partial charge in [0.25, 0.3) is 11.7 Å². The van der Waals surface area contributed by atoms with Gasteiger partial charge in [-0.05, 0) is 18.7 Å². The van der Waals surface area contributed by atoms with Gasteiger partial charge in [-0.1, -0.05) is 12.1 Å². The van der Waals surface area contributed by atoms with Crippen LogP contribution < -0.4 is 10.6 Å². The van der Waals surface area contributed by atoms with Crippen LogP contribution in [-0.4, -0.2) is 41.6 Å². The predicted octanol–water partition coefficient (Wildman–Crippen LogP) is -0.565. The topological polar surface area (TPSA) is 98.7 Å². The van der Waals surface area contributed by atoms with Gasteiger partial charge in [0, 0.05) is 6.54 Å². The van der Waals surface area contributed by atoms with Crippen LogP contribution in [0.15, 0.2) is 18.2 Å². The molecule has 0 saturated carbocycles. The van der Waals surface area contributed by atoms with Gasteiger partial charge < -0.3 is 20.8 Å². The van der Waals surface area contributed by atoms with Gasteiger partial charge in [0.05, 0.1) is 17.4 Å². The number of likely N-dealkylation sites (N-methyl/N-ethyl adjacent to an activating group) is 1. The molecule has 6 nitrogen and oxygen atoms in total. The number of ketones is 1. The van der Waals surface area contributed by atoms with Crippen LogP contribution in [-0.2, 0) is 4.79 Å². The Morgan fingerprint density at radius 3 is 2.72 bits per heavy atom. The largest absolute Gasteiger partial charge is 0.389 e. The zero-order chi connectivity index (χ0) is 13.3. The number of rotatable bonds is 4. The molecule has 2 rings (SSSR count). The van der Waals surface area contributed by atoms with E-state index in [9.17, 15) is 19.8 Å². The number of anilines is 1. The Balaban J connectivity index is 2.39. The first kappa shape index (κ1) is 12.7. The molecular weight excluding hydrogens is 236 g/mol. The standard InChI is InChI=1S/C12H14N2O4/c1-13-5-8(15)10(16)6-3-2-4-7-9(6)11(17)12(18)14-7/h2-4,8,10,13,15-16H,5H2,1H3,(H,14,17,18). The summed E-state index contributed by atoms with van der Waals surface area (Å²) in [6, 6.07) is 4.72. The summed E-state index contributed by atoms with van der Waals surface area (Å²) in [6.45, 7) is 0.181. The van der Waals surface area contributed by atoms with Gasteiger partial charge >= 0.3 is 0 Å². The van der Waals surface area contributed by atoms with Gasteiger partial charge in [-0.25, -0.2) is 0 Å². The first-order chi connectivity index (χ1) is 8.56. The summed E-state index contributed by atoms with van der Waals surface area (Å²) in [6.07, 6.45) is -2.27. The summed E-state index contributed by atoms with van der Waals surface area (Å²) in [4.78, 5) is 23.0. The highest BCUT2D eigenvalue weighted by molar-refractivity contribution is 6.52. The summed E-state index contributed by atoms with van der Waals surface area (Å²) in [7, 11) is 1.64. The van der Waals surface area contributed by atoms with E-state index >= 15 is 0 Å². The molecule has 0 aromatic heterocycles. The first-order valence-corrected chi connectivity index (χ1v) is 5.55. The van der Waals surface area contributed by atoms with Crippen LogP contribution in [0.1, 0.15) is 22.0 Å². The molecule has 6 heteroatoms. The fraction of sp³-hybridized carbons (Fsp3) is 0.333. The van der Waals surface area contributed by atoms with Crippen LogP contribution in [0, 0.1) is 0 Å². The number of amides is 1. The molecule has 0 fully saturated rings. The van der Waals surface area contributed by atoms with Crippen molar-refractivity contribution in [1.29, 1.82) is 0 Å². The monoisotopic (exact) mass is 250 g/mol. The number of hydrogen-bond acceptors (Lipinski definition) is 5. The molecule has 0 spiro atoms. The number of Topliss-reactive ketones (excluding diaryl/α,β-unsaturated/α-hetero) is 1. The third-order valence-electron chi connectivity index (χ3n) is 2.87. The minimum absolute atomic E-state index is 0.144. The molecule has 2 unspecified atom stereocenters. The second kappa shape index (κ2) is 4.85. The molecule has 1 aliphatic rings. The van der Waals surface area contributed by atoms with Crippen molar-refractivity contribution in [3.8, 4) is 0 Å². The highest BCUT2D eigenvalue weighted by Crippen LogP contribution is 2.31. The zero-order valence-electron chi connectivity index (χ0n) is 9.80. The van der Waals surface area contributed by atoms with E-state index in [1.165, 1.54) is 6.07 Å². The smallest absolute Gasteiger partial charge is 0.296 e. The van der Waals surface area contributed by atoms with E-state index in [2.05, 4.69) is 10.6 Å². The Bertz CT molecular complexity index is 501. The fourth-order valence-electron chi connectivity index (χ4n) is 1.99. The third-order valence-corrected chi connectivity index (χ3v) is 2.87. The average molecular weight is 250 g/mol. The maximum atomic E-state index is 11.7. The molecule has 1 heterocycles. The summed E-state index contributed by atoms with van der Waals surface area (Å²) in [5, 5.41) is 24.9. The van der Waals surface area contributed by atoms with E-state index in [0.29, 0.717) is 5.69 Å². The lowest BCUT2D eigenvalue weighted by molar-refractivity contribution is -0.112. The van der Waals surface area contributed by atoms with Gasteiger partial charge in [-0.15, -0.1) is 0 Å². The summed E-state index contributed by atoms with van der Waals surface area (Å²) >= 11 is 0. The van der Waals surface area contributed by atoms with E-state index in [1.807, 2.05) is 0 Å². The molecule has 0 aliphatic carbocycles. The molecule has 1 aliphatic heterocycles. The molecule has 1 aromatic carbocycles. The zero-order valence-corrected chi connectivity index (χ0v) is 9.80. The van der Waals surface area contributed by atoms with Crippen molar-refractivity contribution in [2.45, 2.75) is 12.2 Å². The molecule has 96 valence electrons. The average Bonchev–Trinajstić information content (AvgIpc) is 2.64. The lowest BCUT2D eigenvalue weighted by atomic mass is 9.96. The van der Waals surface area contributed by atoms with Crippen molar-refractivity contribution in [1.82, 2.24) is 5.32 Å². The maximum Gasteiger partial charge on any atom is 0.296 e. The summed E-state index contributed by atoms with van der Waals surface area (Å²) in [5.41, 5.74) is 0.780. The van der Waals surface area contributed by atoms with Gasteiger partial charge in [-0.3, -0.25) is 9.59 Å². The van der Waals surface area contributed by atoms with Crippen LogP contribution in [0.3, 0.4) is 0 Å². The van der Waals surface area contributed by atoms with E-state index < -0.39 is 23.9 Å². The number of aliphatic hydroxyl groups is 2. The number of carbonyl (C=O) groups excluding carboxylic acids is 2. The Morgan fingerprint density at radius 2 is 2.06 bits per heavy atom. The van der Waals surface area contributed by atoms with Gasteiger partial charge in [0.15, 0.2) is 0 Å². The number of aliphatic hydroxyl groups excluding tert-OH is 2. The third kappa shape index (κ3) is 2.01. The van der Waals surface area contributed by atoms with Crippen molar-refractivity contribution < 1.29 is 19.8 Å². The van der Waals surface area contributed by atoms with Crippen molar-refractivity contribution in [3.63, 3.8) is 0 Å². The molecule has 18 heavy (non-hydrogen) atoms. The van der Waals surface area contributed by atoms with Crippen LogP contribution in [0.5, 0.6) is 0 Å². The van der Waals surface area contributed by atoms with Gasteiger partial charge in [0.1, 0.15) is 6.10 Å². The molecule has 2 atom stereocenters. The Hall–Kier alpha value is -1.76. The van der Waals surface area contributed by atoms with Crippen LogP contribution in [0.4, 0.5) is 5.69 Å². The summed E-state index contributed by atoms with van der Waals surface area (Å²) < 4.78 is 0. The van der Waals surface area contributed by atoms with Crippen LogP contribution in [0.2, 0.25) is 0 Å². The molecule has 1 aromatic rings. The SMILES string of the molecule is CNCC(O)C(O)c1cccc2c1C(=O)C(=O)N2. The normalized spacial score (nSPS) is 17.3. The van der Waals surface area contributed by atoms with Gasteiger partial charge in [0.2, 0.25) is 0 Å². The first-order valence-electron chi connectivity index (χ1n) is 5.55. The minimum atomic E-state index is -1.22. The highest BCUT2D eigenvalue weighted by Gasteiger charge is 2.33. The van der Waals surface area contributed by atoms with Crippen molar-refractivity contribution >= 4 is 17.4 Å². The summed E-state index contributed by atoms with van der Waals surface area (Å²) in [5.74, 6) is -1.40. The Labute approximate surface area is 104 Å². The lowest BCUT2D eigenvalue weighted by Crippen LogP contribution is -2.30. The number of benzene rings is 1. The Kier molecular flexibility index (Phi) is 3.42. The molecule has 1 amide bonds. The lowest BCUT2D eigenvalue weighted by Gasteiger charge is -2.19. The van der Waals surface area contributed by atoms with Crippen molar-refractivity contribution in [3.05, 3.63) is 29.3 Å². The molecule has 0 radical (unpaired) electrons. The molecule has 4 N–H and O–H groups in total. The fourth-order valence-corrected chi connectivity index (χ4v) is 1.99. The van der Waals surface area contributed by atoms with E-state index in [0.717, 1.165) is 0 Å². The predicted molar refractivity (Wildman–Crippen MR) is 64.3 cm³/mol. The number of hydrogen-bond donors (Lipinski definition) is 4. The van der Waals surface area contributed by atoms with Gasteiger partial charge in [-0.2, -0.15) is 0 Å². The number of carbonyl (C=O) groups is 2. The van der Waals surface area contributed by atoms with Crippen molar-refractivity contribution in [2.75, 3.05) is 18.9 Å². The Morgan fingerprint density at radius 1 is 1.33 bits per heavy atom. The number of fused-ring (bicyclic) bond motifs is 1. The van der Waals surface area contributed by atoms with Crippen LogP contribution >= 0.6 is 0 Å². The second-order valence-corrected chi connectivity index (χ2v) is 4.12. The van der Waals surface area contributed by atoms with Crippen molar-refractivity contribution in [2.24, 2.45) is 0 Å². The second-order valence-electron chi connectivity index (χ2n) is 4.12. The highest BCUT2D eigenvalue weighted by atomic mass is 16.3. The van der Waals surface area contributed by atoms with Crippen LogP contribution in [0.25, 0.3) is 0 Å².